The number of nitrogens with one attached hydrogen (secondary N) is 1. The molecule has 1 atom stereocenters. The highest BCUT2D eigenvalue weighted by Crippen LogP contribution is 2.48. The van der Waals surface area contributed by atoms with E-state index in [4.69, 9.17) is 26.2 Å². The van der Waals surface area contributed by atoms with Crippen LogP contribution in [-0.4, -0.2) is 35.7 Å². The molecule has 0 aliphatic carbocycles. The number of amides is 1. The van der Waals surface area contributed by atoms with E-state index in [0.29, 0.717) is 33.8 Å². The molecule has 1 aliphatic rings. The lowest BCUT2D eigenvalue weighted by Gasteiger charge is -2.20. The molecule has 29 heavy (non-hydrogen) atoms. The first-order valence-corrected chi connectivity index (χ1v) is 10.4. The van der Waals surface area contributed by atoms with Gasteiger partial charge in [0.15, 0.2) is 11.5 Å². The number of hydrogen-bond donors (Lipinski definition) is 1. The third-order valence-electron chi connectivity index (χ3n) is 4.80. The van der Waals surface area contributed by atoms with Crippen molar-refractivity contribution in [1.82, 2.24) is 9.78 Å². The lowest BCUT2D eigenvalue weighted by molar-refractivity contribution is -0.113. The molecule has 6 nitrogen and oxygen atoms in total. The summed E-state index contributed by atoms with van der Waals surface area (Å²) in [5.41, 5.74) is 3.37. The van der Waals surface area contributed by atoms with Crippen LogP contribution < -0.4 is 14.8 Å². The van der Waals surface area contributed by atoms with Crippen molar-refractivity contribution in [3.8, 4) is 17.2 Å². The van der Waals surface area contributed by atoms with Crippen molar-refractivity contribution in [2.24, 2.45) is 0 Å². The van der Waals surface area contributed by atoms with Crippen molar-refractivity contribution < 1.29 is 14.3 Å². The monoisotopic (exact) mass is 429 g/mol. The number of carbonyl (C=O) groups excluding carboxylic acids is 1. The summed E-state index contributed by atoms with van der Waals surface area (Å²) < 4.78 is 12.8. The minimum atomic E-state index is -0.162. The Morgan fingerprint density at radius 1 is 1.17 bits per heavy atom. The molecule has 0 spiro atoms. The Morgan fingerprint density at radius 3 is 2.69 bits per heavy atom. The van der Waals surface area contributed by atoms with Gasteiger partial charge in [0.2, 0.25) is 5.91 Å². The zero-order valence-electron chi connectivity index (χ0n) is 16.2. The van der Waals surface area contributed by atoms with Crippen LogP contribution in [0.2, 0.25) is 5.02 Å². The Labute approximate surface area is 178 Å². The molecule has 3 aromatic rings. The predicted molar refractivity (Wildman–Crippen MR) is 116 cm³/mol. The molecule has 1 N–H and O–H groups in total. The largest absolute Gasteiger partial charge is 0.493 e. The van der Waals surface area contributed by atoms with Crippen LogP contribution in [0.15, 0.2) is 42.5 Å². The van der Waals surface area contributed by atoms with Gasteiger partial charge in [-0.05, 0) is 25.1 Å². The number of rotatable bonds is 4. The van der Waals surface area contributed by atoms with Crippen LogP contribution >= 0.6 is 23.4 Å². The number of thioether (sulfide) groups is 1. The number of ether oxygens (including phenoxy) is 2. The number of carbonyl (C=O) groups is 1. The van der Waals surface area contributed by atoms with Gasteiger partial charge in [0.05, 0.1) is 41.6 Å². The first-order chi connectivity index (χ1) is 14.0. The highest BCUT2D eigenvalue weighted by atomic mass is 35.5. The van der Waals surface area contributed by atoms with E-state index in [2.05, 4.69) is 5.32 Å². The zero-order valence-corrected chi connectivity index (χ0v) is 17.8. The normalized spacial score (nSPS) is 16.0. The predicted octanol–water partition coefficient (Wildman–Crippen LogP) is 4.63. The Balaban J connectivity index is 1.94. The van der Waals surface area contributed by atoms with Crippen molar-refractivity contribution in [2.75, 3.05) is 25.3 Å². The Kier molecular flexibility index (Phi) is 5.43. The fourth-order valence-corrected chi connectivity index (χ4v) is 4.97. The molecule has 0 bridgehead atoms. The molecule has 1 aliphatic heterocycles. The number of aryl methyl sites for hydroxylation is 1. The maximum absolute atomic E-state index is 12.5. The number of fused-ring (bicyclic) bond motifs is 1. The SMILES string of the molecule is COc1cccc([C@@H]2SCC(=O)Nc3c2c(C)nn3-c2ccccc2Cl)c1OC. The fourth-order valence-electron chi connectivity index (χ4n) is 3.55. The van der Waals surface area contributed by atoms with E-state index in [9.17, 15) is 4.79 Å². The van der Waals surface area contributed by atoms with E-state index in [-0.39, 0.29) is 11.2 Å². The van der Waals surface area contributed by atoms with Crippen LogP contribution in [0.25, 0.3) is 5.69 Å². The summed E-state index contributed by atoms with van der Waals surface area (Å²) in [6.45, 7) is 1.93. The summed E-state index contributed by atoms with van der Waals surface area (Å²) in [5, 5.41) is 8.11. The number of benzene rings is 2. The first kappa shape index (κ1) is 19.7. The summed E-state index contributed by atoms with van der Waals surface area (Å²) in [7, 11) is 3.23. The minimum absolute atomic E-state index is 0.0891. The van der Waals surface area contributed by atoms with Crippen molar-refractivity contribution >= 4 is 35.1 Å². The minimum Gasteiger partial charge on any atom is -0.493 e. The highest BCUT2D eigenvalue weighted by Gasteiger charge is 2.33. The summed E-state index contributed by atoms with van der Waals surface area (Å²) >= 11 is 7.94. The lowest BCUT2D eigenvalue weighted by Crippen LogP contribution is -2.16. The van der Waals surface area contributed by atoms with Crippen molar-refractivity contribution in [3.05, 3.63) is 64.3 Å². The maximum atomic E-state index is 12.5. The third-order valence-corrected chi connectivity index (χ3v) is 6.38. The second kappa shape index (κ2) is 8.00. The number of para-hydroxylation sites is 2. The van der Waals surface area contributed by atoms with Crippen LogP contribution in [0, 0.1) is 6.92 Å². The summed E-state index contributed by atoms with van der Waals surface area (Å²) in [4.78, 5) is 12.5. The number of halogens is 1. The molecule has 8 heteroatoms. The van der Waals surface area contributed by atoms with Gasteiger partial charge >= 0.3 is 0 Å². The molecule has 4 rings (SSSR count). The molecule has 1 aromatic heterocycles. The van der Waals surface area contributed by atoms with Crippen LogP contribution in [0.3, 0.4) is 0 Å². The molecular formula is C21H20ClN3O3S. The van der Waals surface area contributed by atoms with Crippen LogP contribution in [0.1, 0.15) is 22.1 Å². The molecule has 0 saturated heterocycles. The zero-order chi connectivity index (χ0) is 20.5. The molecule has 2 aromatic carbocycles. The lowest BCUT2D eigenvalue weighted by atomic mass is 10.0. The second-order valence-electron chi connectivity index (χ2n) is 6.53. The third kappa shape index (κ3) is 3.45. The average molecular weight is 430 g/mol. The maximum Gasteiger partial charge on any atom is 0.235 e. The number of methoxy groups -OCH3 is 2. The molecule has 0 saturated carbocycles. The smallest absolute Gasteiger partial charge is 0.235 e. The van der Waals surface area contributed by atoms with Crippen LogP contribution in [0.5, 0.6) is 11.5 Å². The van der Waals surface area contributed by atoms with E-state index >= 15 is 0 Å². The number of anilines is 1. The van der Waals surface area contributed by atoms with Crippen LogP contribution in [0.4, 0.5) is 5.82 Å². The van der Waals surface area contributed by atoms with E-state index in [1.165, 1.54) is 11.8 Å². The van der Waals surface area contributed by atoms with Crippen molar-refractivity contribution in [3.63, 3.8) is 0 Å². The fraction of sp³-hybridized carbons (Fsp3) is 0.238. The van der Waals surface area contributed by atoms with Crippen molar-refractivity contribution in [1.29, 1.82) is 0 Å². The second-order valence-corrected chi connectivity index (χ2v) is 8.03. The topological polar surface area (TPSA) is 65.4 Å². The van der Waals surface area contributed by atoms with Crippen LogP contribution in [-0.2, 0) is 4.79 Å². The van der Waals surface area contributed by atoms with E-state index in [0.717, 1.165) is 16.8 Å². The number of aromatic nitrogens is 2. The molecule has 1 amide bonds. The van der Waals surface area contributed by atoms with Gasteiger partial charge in [-0.1, -0.05) is 35.9 Å². The van der Waals surface area contributed by atoms with Gasteiger partial charge in [-0.3, -0.25) is 4.79 Å². The Bertz CT molecular complexity index is 1080. The van der Waals surface area contributed by atoms with E-state index in [1.54, 1.807) is 25.0 Å². The average Bonchev–Trinajstić information content (AvgIpc) is 2.92. The number of nitrogens with zero attached hydrogens (tertiary/aromatic N) is 2. The molecule has 150 valence electrons. The van der Waals surface area contributed by atoms with Crippen molar-refractivity contribution in [2.45, 2.75) is 12.2 Å². The van der Waals surface area contributed by atoms with Gasteiger partial charge in [-0.15, -0.1) is 11.8 Å². The summed E-state index contributed by atoms with van der Waals surface area (Å²) in [6.07, 6.45) is 0. The van der Waals surface area contributed by atoms with Gasteiger partial charge in [0.1, 0.15) is 5.82 Å². The van der Waals surface area contributed by atoms with Gasteiger partial charge in [0, 0.05) is 11.1 Å². The molecule has 0 unspecified atom stereocenters. The molecule has 0 fully saturated rings. The highest BCUT2D eigenvalue weighted by molar-refractivity contribution is 8.00. The summed E-state index contributed by atoms with van der Waals surface area (Å²) in [6, 6.07) is 13.2. The molecular weight excluding hydrogens is 410 g/mol. The quantitative estimate of drug-likeness (QED) is 0.655. The van der Waals surface area contributed by atoms with Gasteiger partial charge < -0.3 is 14.8 Å². The van der Waals surface area contributed by atoms with E-state index in [1.807, 2.05) is 43.3 Å². The summed E-state index contributed by atoms with van der Waals surface area (Å²) in [5.74, 6) is 2.14. The van der Waals surface area contributed by atoms with Gasteiger partial charge in [-0.2, -0.15) is 5.10 Å². The number of hydrogen-bond acceptors (Lipinski definition) is 5. The van der Waals surface area contributed by atoms with Gasteiger partial charge in [0.25, 0.3) is 0 Å². The van der Waals surface area contributed by atoms with E-state index < -0.39 is 0 Å². The first-order valence-electron chi connectivity index (χ1n) is 9.02. The Hall–Kier alpha value is -2.64. The standard InChI is InChI=1S/C21H20ClN3O3S/c1-12-18-20(13-7-6-10-16(27-2)19(13)28-3)29-11-17(26)23-21(18)25(24-12)15-9-5-4-8-14(15)22/h4-10,20H,11H2,1-3H3,(H,23,26)/t20-/m0/s1. The molecule has 2 heterocycles. The Morgan fingerprint density at radius 2 is 1.97 bits per heavy atom. The molecule has 0 radical (unpaired) electrons. The van der Waals surface area contributed by atoms with Gasteiger partial charge in [-0.25, -0.2) is 4.68 Å².